The Kier molecular flexibility index (Phi) is 5.43. The molecule has 0 atom stereocenters. The van der Waals surface area contributed by atoms with Crippen LogP contribution < -0.4 is 10.0 Å². The van der Waals surface area contributed by atoms with E-state index in [1.54, 1.807) is 29.5 Å². The molecule has 0 radical (unpaired) electrons. The molecule has 1 amide bonds. The van der Waals surface area contributed by atoms with Crippen molar-refractivity contribution < 1.29 is 13.2 Å². The normalized spacial score (nSPS) is 11.4. The van der Waals surface area contributed by atoms with Crippen LogP contribution in [0.3, 0.4) is 0 Å². The number of rotatable bonds is 6. The van der Waals surface area contributed by atoms with Crippen LogP contribution in [0.4, 0.5) is 5.69 Å². The van der Waals surface area contributed by atoms with Gasteiger partial charge in [-0.05, 0) is 55.3 Å². The Hall–Kier alpha value is -3.72. The molecule has 0 bridgehead atoms. The van der Waals surface area contributed by atoms with E-state index in [0.717, 1.165) is 5.56 Å². The minimum Gasteiger partial charge on any atom is -0.345 e. The number of sulfonamides is 1. The monoisotopic (exact) mass is 435 g/mol. The second kappa shape index (κ2) is 8.19. The largest absolute Gasteiger partial charge is 0.345 e. The zero-order valence-electron chi connectivity index (χ0n) is 17.0. The van der Waals surface area contributed by atoms with Crippen LogP contribution in [0.25, 0.3) is 5.65 Å². The number of fused-ring (bicyclic) bond motifs is 1. The van der Waals surface area contributed by atoms with Crippen LogP contribution in [0.5, 0.6) is 0 Å². The predicted molar refractivity (Wildman–Crippen MR) is 117 cm³/mol. The quantitative estimate of drug-likeness (QED) is 0.484. The molecule has 4 aromatic rings. The molecule has 4 rings (SSSR count). The highest BCUT2D eigenvalue weighted by Crippen LogP contribution is 2.21. The number of hydrogen-bond donors (Lipinski definition) is 2. The number of benzene rings is 2. The number of carbonyl (C=O) groups excluding carboxylic acids is 1. The van der Waals surface area contributed by atoms with E-state index < -0.39 is 15.9 Å². The fourth-order valence-electron chi connectivity index (χ4n) is 3.17. The van der Waals surface area contributed by atoms with Crippen molar-refractivity contribution in [3.05, 3.63) is 89.4 Å². The lowest BCUT2D eigenvalue weighted by atomic mass is 10.1. The molecule has 0 saturated heterocycles. The highest BCUT2D eigenvalue weighted by Gasteiger charge is 2.19. The highest BCUT2D eigenvalue weighted by molar-refractivity contribution is 7.92. The van der Waals surface area contributed by atoms with Crippen molar-refractivity contribution in [2.75, 3.05) is 4.72 Å². The summed E-state index contributed by atoms with van der Waals surface area (Å²) >= 11 is 0. The molecule has 0 saturated carbocycles. The zero-order valence-corrected chi connectivity index (χ0v) is 17.8. The summed E-state index contributed by atoms with van der Waals surface area (Å²) in [5.41, 5.74) is 2.92. The number of nitrogens with zero attached hydrogens (tertiary/aromatic N) is 3. The van der Waals surface area contributed by atoms with Crippen molar-refractivity contribution in [3.63, 3.8) is 0 Å². The fraction of sp³-hybridized carbons (Fsp3) is 0.136. The Morgan fingerprint density at radius 1 is 0.968 bits per heavy atom. The van der Waals surface area contributed by atoms with Crippen LogP contribution in [0, 0.1) is 13.8 Å². The molecule has 2 heterocycles. The van der Waals surface area contributed by atoms with E-state index in [1.165, 1.54) is 12.1 Å². The van der Waals surface area contributed by atoms with Crippen LogP contribution >= 0.6 is 0 Å². The average Bonchev–Trinajstić information content (AvgIpc) is 3.17. The van der Waals surface area contributed by atoms with Crippen molar-refractivity contribution in [3.8, 4) is 0 Å². The minimum atomic E-state index is -3.85. The molecule has 9 heteroatoms. The number of para-hydroxylation sites is 1. The SMILES string of the molecule is Cc1ccccc1NS(=O)(=O)c1ccc(C)c(C(=O)NCc2nnc3ccccn23)c1. The van der Waals surface area contributed by atoms with Gasteiger partial charge in [0.1, 0.15) is 0 Å². The Balaban J connectivity index is 1.55. The molecule has 2 aromatic heterocycles. The Labute approximate surface area is 180 Å². The number of amides is 1. The third kappa shape index (κ3) is 4.26. The maximum atomic E-state index is 12.9. The van der Waals surface area contributed by atoms with Gasteiger partial charge in [0.05, 0.1) is 17.1 Å². The summed E-state index contributed by atoms with van der Waals surface area (Å²) in [4.78, 5) is 12.8. The van der Waals surface area contributed by atoms with E-state index in [1.807, 2.05) is 43.5 Å². The van der Waals surface area contributed by atoms with Crippen LogP contribution in [-0.2, 0) is 16.6 Å². The standard InChI is InChI=1S/C22H21N5O3S/c1-15-10-11-17(31(29,30)26-19-8-4-3-7-16(19)2)13-18(15)22(28)23-14-21-25-24-20-9-5-6-12-27(20)21/h3-13,26H,14H2,1-2H3,(H,23,28). The number of aryl methyl sites for hydroxylation is 2. The Morgan fingerprint density at radius 3 is 2.55 bits per heavy atom. The van der Waals surface area contributed by atoms with E-state index in [-0.39, 0.29) is 17.0 Å². The first kappa shape index (κ1) is 20.5. The maximum absolute atomic E-state index is 12.9. The molecule has 2 aromatic carbocycles. The third-order valence-electron chi connectivity index (χ3n) is 4.94. The smallest absolute Gasteiger partial charge is 0.261 e. The first-order valence-corrected chi connectivity index (χ1v) is 11.1. The number of anilines is 1. The van der Waals surface area contributed by atoms with E-state index in [2.05, 4.69) is 20.2 Å². The second-order valence-electron chi connectivity index (χ2n) is 7.12. The molecule has 0 aliphatic rings. The fourth-order valence-corrected chi connectivity index (χ4v) is 4.33. The second-order valence-corrected chi connectivity index (χ2v) is 8.81. The molecule has 0 unspecified atom stereocenters. The van der Waals surface area contributed by atoms with Gasteiger partial charge in [0.25, 0.3) is 15.9 Å². The Morgan fingerprint density at radius 2 is 1.74 bits per heavy atom. The summed E-state index contributed by atoms with van der Waals surface area (Å²) in [7, 11) is -3.85. The number of carbonyl (C=O) groups is 1. The van der Waals surface area contributed by atoms with Crippen molar-refractivity contribution >= 4 is 27.3 Å². The van der Waals surface area contributed by atoms with Crippen molar-refractivity contribution in [2.24, 2.45) is 0 Å². The zero-order chi connectivity index (χ0) is 22.0. The van der Waals surface area contributed by atoms with E-state index in [0.29, 0.717) is 22.7 Å². The van der Waals surface area contributed by atoms with Crippen molar-refractivity contribution in [2.45, 2.75) is 25.3 Å². The van der Waals surface area contributed by atoms with Crippen LogP contribution in [-0.4, -0.2) is 28.9 Å². The van der Waals surface area contributed by atoms with Gasteiger partial charge in [-0.3, -0.25) is 13.9 Å². The molecule has 2 N–H and O–H groups in total. The van der Waals surface area contributed by atoms with Gasteiger partial charge in [-0.2, -0.15) is 0 Å². The van der Waals surface area contributed by atoms with E-state index >= 15 is 0 Å². The third-order valence-corrected chi connectivity index (χ3v) is 6.31. The van der Waals surface area contributed by atoms with Gasteiger partial charge in [-0.25, -0.2) is 8.42 Å². The highest BCUT2D eigenvalue weighted by atomic mass is 32.2. The van der Waals surface area contributed by atoms with Gasteiger partial charge >= 0.3 is 0 Å². The number of pyridine rings is 1. The molecule has 0 aliphatic carbocycles. The van der Waals surface area contributed by atoms with Crippen molar-refractivity contribution in [1.29, 1.82) is 0 Å². The maximum Gasteiger partial charge on any atom is 0.261 e. The summed E-state index contributed by atoms with van der Waals surface area (Å²) in [5.74, 6) is 0.185. The molecule has 31 heavy (non-hydrogen) atoms. The predicted octanol–water partition coefficient (Wildman–Crippen LogP) is 3.08. The summed E-state index contributed by atoms with van der Waals surface area (Å²) < 4.78 is 30.1. The van der Waals surface area contributed by atoms with Gasteiger partial charge in [-0.1, -0.05) is 30.3 Å². The van der Waals surface area contributed by atoms with Gasteiger partial charge < -0.3 is 5.32 Å². The summed E-state index contributed by atoms with van der Waals surface area (Å²) in [5, 5.41) is 10.9. The lowest BCUT2D eigenvalue weighted by Gasteiger charge is -2.13. The van der Waals surface area contributed by atoms with Crippen LogP contribution in [0.2, 0.25) is 0 Å². The molecular formula is C22H21N5O3S. The van der Waals surface area contributed by atoms with E-state index in [9.17, 15) is 13.2 Å². The number of nitrogens with one attached hydrogen (secondary N) is 2. The van der Waals surface area contributed by atoms with Gasteiger partial charge in [0.2, 0.25) is 0 Å². The molecular weight excluding hydrogens is 414 g/mol. The molecule has 0 fully saturated rings. The molecule has 0 spiro atoms. The van der Waals surface area contributed by atoms with Gasteiger partial charge in [0.15, 0.2) is 11.5 Å². The van der Waals surface area contributed by atoms with E-state index in [4.69, 9.17) is 0 Å². The average molecular weight is 436 g/mol. The first-order chi connectivity index (χ1) is 14.8. The molecule has 158 valence electrons. The van der Waals surface area contributed by atoms with Gasteiger partial charge in [0, 0.05) is 11.8 Å². The lowest BCUT2D eigenvalue weighted by Crippen LogP contribution is -2.25. The Bertz CT molecular complexity index is 1380. The number of aromatic nitrogens is 3. The molecule has 8 nitrogen and oxygen atoms in total. The minimum absolute atomic E-state index is 0.0134. The summed E-state index contributed by atoms with van der Waals surface area (Å²) in [6, 6.07) is 17.1. The summed E-state index contributed by atoms with van der Waals surface area (Å²) in [6.45, 7) is 3.73. The summed E-state index contributed by atoms with van der Waals surface area (Å²) in [6.07, 6.45) is 1.81. The van der Waals surface area contributed by atoms with Crippen molar-refractivity contribution in [1.82, 2.24) is 19.9 Å². The van der Waals surface area contributed by atoms with Gasteiger partial charge in [-0.15, -0.1) is 10.2 Å². The van der Waals surface area contributed by atoms with Crippen LogP contribution in [0.1, 0.15) is 27.3 Å². The molecule has 0 aliphatic heterocycles. The first-order valence-electron chi connectivity index (χ1n) is 9.61. The number of hydrogen-bond acceptors (Lipinski definition) is 5. The topological polar surface area (TPSA) is 105 Å². The lowest BCUT2D eigenvalue weighted by molar-refractivity contribution is 0.0949. The van der Waals surface area contributed by atoms with Crippen LogP contribution in [0.15, 0.2) is 71.8 Å².